The van der Waals surface area contributed by atoms with Crippen molar-refractivity contribution in [3.8, 4) is 0 Å². The van der Waals surface area contributed by atoms with Gasteiger partial charge < -0.3 is 25.8 Å². The summed E-state index contributed by atoms with van der Waals surface area (Å²) in [7, 11) is 0. The number of aromatic nitrogens is 1. The standard InChI is InChI=1S/C25H30F3N5O/c1-24(2,29)16-33-13-11-17-14-20(7-10-22(17)33)31-23(34)30-19-5-8-21(9-6-19)32-12-3-4-18(15-32)25(26,27)28/h5-11,13-14,18H,3-4,12,15-16,29H2,1-2H3,(H2,30,31,34). The Morgan fingerprint density at radius 2 is 1.74 bits per heavy atom. The quantitative estimate of drug-likeness (QED) is 0.438. The molecule has 0 radical (unpaired) electrons. The van der Waals surface area contributed by atoms with Crippen LogP contribution in [0.4, 0.5) is 35.0 Å². The van der Waals surface area contributed by atoms with Crippen LogP contribution in [0, 0.1) is 5.92 Å². The smallest absolute Gasteiger partial charge is 0.371 e. The molecule has 4 N–H and O–H groups in total. The Kier molecular flexibility index (Phi) is 6.49. The second-order valence-electron chi connectivity index (χ2n) is 9.66. The molecule has 0 aliphatic carbocycles. The molecule has 6 nitrogen and oxygen atoms in total. The number of alkyl halides is 3. The lowest BCUT2D eigenvalue weighted by Crippen LogP contribution is -2.41. The molecule has 1 atom stereocenters. The highest BCUT2D eigenvalue weighted by molar-refractivity contribution is 6.01. The molecule has 4 rings (SSSR count). The van der Waals surface area contributed by atoms with E-state index >= 15 is 0 Å². The molecular weight excluding hydrogens is 443 g/mol. The lowest BCUT2D eigenvalue weighted by molar-refractivity contribution is -0.175. The van der Waals surface area contributed by atoms with E-state index in [1.165, 1.54) is 0 Å². The Hall–Kier alpha value is -3.20. The maximum absolute atomic E-state index is 13.1. The van der Waals surface area contributed by atoms with Crippen LogP contribution in [-0.2, 0) is 6.54 Å². The van der Waals surface area contributed by atoms with Crippen LogP contribution in [0.15, 0.2) is 54.7 Å². The first kappa shape index (κ1) is 23.9. The fourth-order valence-electron chi connectivity index (χ4n) is 4.38. The van der Waals surface area contributed by atoms with Gasteiger partial charge in [-0.3, -0.25) is 0 Å². The SMILES string of the molecule is CC(C)(N)Cn1ccc2cc(NC(=O)Nc3ccc(N4CCCC(C(F)(F)F)C4)cc3)ccc21. The Morgan fingerprint density at radius 1 is 1.06 bits per heavy atom. The van der Waals surface area contributed by atoms with Gasteiger partial charge in [0.15, 0.2) is 0 Å². The minimum Gasteiger partial charge on any atom is -0.371 e. The number of nitrogens with zero attached hydrogens (tertiary/aromatic N) is 2. The van der Waals surface area contributed by atoms with Gasteiger partial charge in [-0.1, -0.05) is 0 Å². The summed E-state index contributed by atoms with van der Waals surface area (Å²) in [5.74, 6) is -1.30. The molecule has 1 aliphatic heterocycles. The molecular formula is C25H30F3N5O. The van der Waals surface area contributed by atoms with Crippen molar-refractivity contribution < 1.29 is 18.0 Å². The summed E-state index contributed by atoms with van der Waals surface area (Å²) in [5.41, 5.74) is 8.75. The van der Waals surface area contributed by atoms with Crippen LogP contribution in [0.3, 0.4) is 0 Å². The number of carbonyl (C=O) groups excluding carboxylic acids is 1. The average Bonchev–Trinajstić information content (AvgIpc) is 3.14. The van der Waals surface area contributed by atoms with Crippen molar-refractivity contribution >= 4 is 34.0 Å². The van der Waals surface area contributed by atoms with E-state index in [1.807, 2.05) is 44.3 Å². The van der Waals surface area contributed by atoms with E-state index in [1.54, 1.807) is 29.2 Å². The van der Waals surface area contributed by atoms with Crippen LogP contribution in [0.5, 0.6) is 0 Å². The van der Waals surface area contributed by atoms with Crippen molar-refractivity contribution in [3.05, 3.63) is 54.7 Å². The van der Waals surface area contributed by atoms with Crippen molar-refractivity contribution in [2.24, 2.45) is 11.7 Å². The lowest BCUT2D eigenvalue weighted by Gasteiger charge is -2.35. The van der Waals surface area contributed by atoms with Gasteiger partial charge in [0, 0.05) is 59.3 Å². The maximum atomic E-state index is 13.1. The summed E-state index contributed by atoms with van der Waals surface area (Å²) in [5, 5.41) is 6.58. The van der Waals surface area contributed by atoms with Gasteiger partial charge in [0.25, 0.3) is 0 Å². The van der Waals surface area contributed by atoms with Gasteiger partial charge >= 0.3 is 12.2 Å². The number of fused-ring (bicyclic) bond motifs is 1. The number of anilines is 3. The lowest BCUT2D eigenvalue weighted by atomic mass is 9.97. The Bertz CT molecular complexity index is 1150. The molecule has 2 amide bonds. The Morgan fingerprint density at radius 3 is 2.41 bits per heavy atom. The number of piperidine rings is 1. The van der Waals surface area contributed by atoms with E-state index in [-0.39, 0.29) is 18.5 Å². The minimum atomic E-state index is -4.18. The second-order valence-corrected chi connectivity index (χ2v) is 9.66. The molecule has 1 unspecified atom stereocenters. The molecule has 34 heavy (non-hydrogen) atoms. The van der Waals surface area contributed by atoms with Gasteiger partial charge in [-0.15, -0.1) is 0 Å². The van der Waals surface area contributed by atoms with Crippen molar-refractivity contribution in [1.29, 1.82) is 0 Å². The second kappa shape index (κ2) is 9.21. The van der Waals surface area contributed by atoms with Crippen molar-refractivity contribution in [2.45, 2.75) is 44.9 Å². The normalized spacial score (nSPS) is 17.1. The molecule has 182 valence electrons. The molecule has 3 aromatic rings. The minimum absolute atomic E-state index is 0.0380. The van der Waals surface area contributed by atoms with Crippen LogP contribution in [0.2, 0.25) is 0 Å². The van der Waals surface area contributed by atoms with Gasteiger partial charge in [-0.2, -0.15) is 13.2 Å². The highest BCUT2D eigenvalue weighted by atomic mass is 19.4. The third kappa shape index (κ3) is 5.83. The van der Waals surface area contributed by atoms with Gasteiger partial charge in [0.05, 0.1) is 5.92 Å². The summed E-state index contributed by atoms with van der Waals surface area (Å²) >= 11 is 0. The number of hydrogen-bond donors (Lipinski definition) is 3. The predicted molar refractivity (Wildman–Crippen MR) is 130 cm³/mol. The highest BCUT2D eigenvalue weighted by Crippen LogP contribution is 2.35. The van der Waals surface area contributed by atoms with E-state index in [2.05, 4.69) is 15.2 Å². The number of amides is 2. The van der Waals surface area contributed by atoms with Gasteiger partial charge in [-0.05, 0) is 75.2 Å². The van der Waals surface area contributed by atoms with Crippen molar-refractivity contribution in [2.75, 3.05) is 28.6 Å². The average molecular weight is 474 g/mol. The molecule has 9 heteroatoms. The Balaban J connectivity index is 1.36. The predicted octanol–water partition coefficient (Wildman–Crippen LogP) is 5.80. The van der Waals surface area contributed by atoms with Crippen molar-refractivity contribution in [1.82, 2.24) is 4.57 Å². The van der Waals surface area contributed by atoms with Crippen LogP contribution < -0.4 is 21.3 Å². The number of nitrogens with two attached hydrogens (primary N) is 1. The third-order valence-corrected chi connectivity index (χ3v) is 5.98. The number of rotatable bonds is 5. The number of carbonyl (C=O) groups is 1. The van der Waals surface area contributed by atoms with E-state index < -0.39 is 18.1 Å². The van der Waals surface area contributed by atoms with E-state index in [9.17, 15) is 18.0 Å². The molecule has 1 saturated heterocycles. The maximum Gasteiger partial charge on any atom is 0.393 e. The summed E-state index contributed by atoms with van der Waals surface area (Å²) < 4.78 is 41.3. The molecule has 1 aromatic heterocycles. The molecule has 0 saturated carbocycles. The zero-order valence-electron chi connectivity index (χ0n) is 19.3. The van der Waals surface area contributed by atoms with Gasteiger partial charge in [-0.25, -0.2) is 4.79 Å². The number of benzene rings is 2. The summed E-state index contributed by atoms with van der Waals surface area (Å²) in [4.78, 5) is 14.2. The largest absolute Gasteiger partial charge is 0.393 e. The first-order valence-electron chi connectivity index (χ1n) is 11.4. The first-order chi connectivity index (χ1) is 16.0. The molecule has 1 fully saturated rings. The van der Waals surface area contributed by atoms with Gasteiger partial charge in [0.2, 0.25) is 0 Å². The fraction of sp³-hybridized carbons (Fsp3) is 0.400. The zero-order chi connectivity index (χ0) is 24.5. The van der Waals surface area contributed by atoms with E-state index in [4.69, 9.17) is 5.73 Å². The topological polar surface area (TPSA) is 75.3 Å². The zero-order valence-corrected chi connectivity index (χ0v) is 19.3. The number of urea groups is 1. The van der Waals surface area contributed by atoms with Crippen LogP contribution in [0.25, 0.3) is 10.9 Å². The summed E-state index contributed by atoms with van der Waals surface area (Å²) in [6.45, 7) is 5.17. The monoisotopic (exact) mass is 473 g/mol. The first-order valence-corrected chi connectivity index (χ1v) is 11.4. The Labute approximate surface area is 196 Å². The third-order valence-electron chi connectivity index (χ3n) is 5.98. The van der Waals surface area contributed by atoms with E-state index in [0.29, 0.717) is 30.9 Å². The number of hydrogen-bond acceptors (Lipinski definition) is 3. The summed E-state index contributed by atoms with van der Waals surface area (Å²) in [6.07, 6.45) is -1.53. The van der Waals surface area contributed by atoms with Crippen LogP contribution >= 0.6 is 0 Å². The molecule has 1 aliphatic rings. The van der Waals surface area contributed by atoms with Crippen molar-refractivity contribution in [3.63, 3.8) is 0 Å². The molecule has 0 bridgehead atoms. The summed E-state index contributed by atoms with van der Waals surface area (Å²) in [6, 6.07) is 14.1. The van der Waals surface area contributed by atoms with E-state index in [0.717, 1.165) is 16.6 Å². The number of nitrogens with one attached hydrogen (secondary N) is 2. The molecule has 0 spiro atoms. The molecule has 2 aromatic carbocycles. The molecule has 2 heterocycles. The fourth-order valence-corrected chi connectivity index (χ4v) is 4.38. The van der Waals surface area contributed by atoms with Crippen LogP contribution in [-0.4, -0.2) is 35.4 Å². The van der Waals surface area contributed by atoms with Gasteiger partial charge in [0.1, 0.15) is 0 Å². The number of halogens is 3. The highest BCUT2D eigenvalue weighted by Gasteiger charge is 2.41. The van der Waals surface area contributed by atoms with Crippen LogP contribution in [0.1, 0.15) is 26.7 Å².